The van der Waals surface area contributed by atoms with Crippen LogP contribution in [0.4, 0.5) is 0 Å². The predicted octanol–water partition coefficient (Wildman–Crippen LogP) is 1.03. The summed E-state index contributed by atoms with van der Waals surface area (Å²) in [5.74, 6) is 0.493. The van der Waals surface area contributed by atoms with Crippen molar-refractivity contribution in [1.82, 2.24) is 19.4 Å². The third-order valence-electron chi connectivity index (χ3n) is 3.68. The summed E-state index contributed by atoms with van der Waals surface area (Å²) in [5, 5.41) is 0.803. The molecule has 7 nitrogen and oxygen atoms in total. The van der Waals surface area contributed by atoms with Crippen molar-refractivity contribution in [3.8, 4) is 0 Å². The van der Waals surface area contributed by atoms with E-state index in [2.05, 4.69) is 9.97 Å². The highest BCUT2D eigenvalue weighted by Gasteiger charge is 2.19. The molecular formula is C15H20N4O3S. The van der Waals surface area contributed by atoms with Gasteiger partial charge in [-0.05, 0) is 12.1 Å². The van der Waals surface area contributed by atoms with Crippen LogP contribution in [0.5, 0.6) is 0 Å². The van der Waals surface area contributed by atoms with Crippen molar-refractivity contribution in [2.45, 2.75) is 11.7 Å². The fraction of sp³-hybridized carbons (Fsp3) is 0.533. The van der Waals surface area contributed by atoms with Crippen LogP contribution in [0, 0.1) is 0 Å². The Morgan fingerprint density at radius 1 is 1.43 bits per heavy atom. The van der Waals surface area contributed by atoms with E-state index in [1.807, 2.05) is 21.6 Å². The second-order valence-corrected chi connectivity index (χ2v) is 6.11. The first-order valence-electron chi connectivity index (χ1n) is 7.58. The molecule has 3 rings (SSSR count). The molecule has 0 aromatic carbocycles. The topological polar surface area (TPSA) is 69.5 Å². The molecule has 0 spiro atoms. The first-order valence-corrected chi connectivity index (χ1v) is 8.56. The predicted molar refractivity (Wildman–Crippen MR) is 87.5 cm³/mol. The molecule has 1 saturated heterocycles. The number of aromatic nitrogens is 3. The number of ether oxygens (including phenoxy) is 2. The number of carbonyl (C=O) groups is 1. The zero-order valence-electron chi connectivity index (χ0n) is 13.1. The van der Waals surface area contributed by atoms with E-state index in [0.29, 0.717) is 45.2 Å². The van der Waals surface area contributed by atoms with E-state index in [1.54, 1.807) is 13.3 Å². The van der Waals surface area contributed by atoms with Gasteiger partial charge in [-0.25, -0.2) is 9.97 Å². The number of nitrogens with zero attached hydrogens (tertiary/aromatic N) is 4. The Hall–Kier alpha value is -1.64. The molecule has 3 heterocycles. The number of morpholine rings is 1. The first-order chi connectivity index (χ1) is 11.3. The Labute approximate surface area is 139 Å². The first kappa shape index (κ1) is 16.2. The molecule has 0 radical (unpaired) electrons. The van der Waals surface area contributed by atoms with E-state index >= 15 is 0 Å². The van der Waals surface area contributed by atoms with Gasteiger partial charge in [-0.1, -0.05) is 11.8 Å². The van der Waals surface area contributed by atoms with Gasteiger partial charge < -0.3 is 18.9 Å². The number of pyridine rings is 1. The van der Waals surface area contributed by atoms with Gasteiger partial charge >= 0.3 is 0 Å². The second kappa shape index (κ2) is 7.76. The maximum atomic E-state index is 12.3. The Kier molecular flexibility index (Phi) is 5.47. The molecule has 2 aromatic heterocycles. The zero-order valence-corrected chi connectivity index (χ0v) is 13.9. The lowest BCUT2D eigenvalue weighted by atomic mass is 10.4. The van der Waals surface area contributed by atoms with E-state index in [4.69, 9.17) is 9.47 Å². The van der Waals surface area contributed by atoms with Gasteiger partial charge in [0.2, 0.25) is 5.91 Å². The Bertz CT molecular complexity index is 670. The smallest absolute Gasteiger partial charge is 0.233 e. The number of amides is 1. The van der Waals surface area contributed by atoms with Crippen LogP contribution in [0.25, 0.3) is 11.2 Å². The number of fused-ring (bicyclic) bond motifs is 1. The molecule has 23 heavy (non-hydrogen) atoms. The van der Waals surface area contributed by atoms with Crippen LogP contribution in [-0.2, 0) is 20.8 Å². The van der Waals surface area contributed by atoms with Crippen LogP contribution in [0.15, 0.2) is 23.5 Å². The van der Waals surface area contributed by atoms with Crippen LogP contribution < -0.4 is 0 Å². The monoisotopic (exact) mass is 336 g/mol. The molecule has 1 fully saturated rings. The number of methoxy groups -OCH3 is 1. The van der Waals surface area contributed by atoms with Gasteiger partial charge in [-0.15, -0.1) is 0 Å². The number of hydrogen-bond acceptors (Lipinski definition) is 6. The van der Waals surface area contributed by atoms with Crippen molar-refractivity contribution in [3.05, 3.63) is 18.3 Å². The van der Waals surface area contributed by atoms with Crippen molar-refractivity contribution in [2.24, 2.45) is 0 Å². The molecule has 0 bridgehead atoms. The van der Waals surface area contributed by atoms with Gasteiger partial charge in [0, 0.05) is 26.4 Å². The quantitative estimate of drug-likeness (QED) is 0.734. The molecule has 124 valence electrons. The van der Waals surface area contributed by atoms with E-state index in [9.17, 15) is 4.79 Å². The highest BCUT2D eigenvalue weighted by atomic mass is 32.2. The number of imidazole rings is 1. The van der Waals surface area contributed by atoms with Crippen molar-refractivity contribution < 1.29 is 14.3 Å². The lowest BCUT2D eigenvalue weighted by Gasteiger charge is -2.26. The van der Waals surface area contributed by atoms with Crippen LogP contribution in [0.1, 0.15) is 0 Å². The van der Waals surface area contributed by atoms with Gasteiger partial charge in [0.15, 0.2) is 10.8 Å². The van der Waals surface area contributed by atoms with Gasteiger partial charge in [0.1, 0.15) is 5.52 Å². The molecule has 0 aliphatic carbocycles. The van der Waals surface area contributed by atoms with Crippen LogP contribution in [0.3, 0.4) is 0 Å². The SMILES string of the molecule is COCCn1c(SCC(=O)N2CCOCC2)nc2cccnc21. The summed E-state index contributed by atoms with van der Waals surface area (Å²) in [6.45, 7) is 3.81. The number of carbonyl (C=O) groups excluding carboxylic acids is 1. The average Bonchev–Trinajstić information content (AvgIpc) is 2.96. The standard InChI is InChI=1S/C15H20N4O3S/c1-21-8-7-19-14-12(3-2-4-16-14)17-15(19)23-11-13(20)18-5-9-22-10-6-18/h2-4H,5-11H2,1H3. The average molecular weight is 336 g/mol. The minimum absolute atomic E-state index is 0.122. The molecule has 2 aromatic rings. The van der Waals surface area contributed by atoms with Gasteiger partial charge in [-0.2, -0.15) is 0 Å². The molecule has 0 N–H and O–H groups in total. The van der Waals surface area contributed by atoms with Crippen molar-refractivity contribution in [3.63, 3.8) is 0 Å². The Morgan fingerprint density at radius 2 is 2.26 bits per heavy atom. The summed E-state index contributed by atoms with van der Waals surface area (Å²) >= 11 is 1.45. The summed E-state index contributed by atoms with van der Waals surface area (Å²) in [6.07, 6.45) is 1.75. The lowest BCUT2D eigenvalue weighted by Crippen LogP contribution is -2.41. The summed E-state index contributed by atoms with van der Waals surface area (Å²) in [6, 6.07) is 3.79. The molecule has 0 saturated carbocycles. The van der Waals surface area contributed by atoms with E-state index < -0.39 is 0 Å². The van der Waals surface area contributed by atoms with Crippen molar-refractivity contribution >= 4 is 28.8 Å². The van der Waals surface area contributed by atoms with Crippen LogP contribution in [-0.4, -0.2) is 71.1 Å². The molecule has 1 aliphatic rings. The van der Waals surface area contributed by atoms with E-state index in [1.165, 1.54) is 11.8 Å². The highest BCUT2D eigenvalue weighted by molar-refractivity contribution is 7.99. The Morgan fingerprint density at radius 3 is 3.04 bits per heavy atom. The highest BCUT2D eigenvalue weighted by Crippen LogP contribution is 2.23. The third kappa shape index (κ3) is 3.82. The Balaban J connectivity index is 1.72. The normalized spacial score (nSPS) is 15.3. The number of rotatable bonds is 6. The van der Waals surface area contributed by atoms with Crippen molar-refractivity contribution in [2.75, 3.05) is 45.8 Å². The van der Waals surface area contributed by atoms with E-state index in [0.717, 1.165) is 16.3 Å². The maximum absolute atomic E-state index is 12.3. The second-order valence-electron chi connectivity index (χ2n) is 5.17. The number of thioether (sulfide) groups is 1. The van der Waals surface area contributed by atoms with Crippen LogP contribution >= 0.6 is 11.8 Å². The van der Waals surface area contributed by atoms with E-state index in [-0.39, 0.29) is 5.91 Å². The summed E-state index contributed by atoms with van der Waals surface area (Å²) in [5.41, 5.74) is 1.66. The number of hydrogen-bond donors (Lipinski definition) is 0. The third-order valence-corrected chi connectivity index (χ3v) is 4.64. The molecule has 1 amide bonds. The minimum Gasteiger partial charge on any atom is -0.383 e. The van der Waals surface area contributed by atoms with Gasteiger partial charge in [0.25, 0.3) is 0 Å². The summed E-state index contributed by atoms with van der Waals surface area (Å²) < 4.78 is 12.5. The molecule has 0 atom stereocenters. The lowest BCUT2D eigenvalue weighted by molar-refractivity contribution is -0.132. The largest absolute Gasteiger partial charge is 0.383 e. The molecule has 1 aliphatic heterocycles. The van der Waals surface area contributed by atoms with Crippen molar-refractivity contribution in [1.29, 1.82) is 0 Å². The minimum atomic E-state index is 0.122. The summed E-state index contributed by atoms with van der Waals surface area (Å²) in [7, 11) is 1.67. The van der Waals surface area contributed by atoms with Crippen LogP contribution in [0.2, 0.25) is 0 Å². The summed E-state index contributed by atoms with van der Waals surface area (Å²) in [4.78, 5) is 23.1. The fourth-order valence-electron chi connectivity index (χ4n) is 2.46. The molecule has 0 unspecified atom stereocenters. The van der Waals surface area contributed by atoms with Gasteiger partial charge in [0.05, 0.1) is 32.1 Å². The zero-order chi connectivity index (χ0) is 16.1. The fourth-order valence-corrected chi connectivity index (χ4v) is 3.39. The maximum Gasteiger partial charge on any atom is 0.233 e. The molecular weight excluding hydrogens is 316 g/mol. The van der Waals surface area contributed by atoms with Gasteiger partial charge in [-0.3, -0.25) is 4.79 Å². The molecule has 8 heteroatoms.